The molecule has 0 spiro atoms. The average molecular weight is 401 g/mol. The first kappa shape index (κ1) is 18.8. The number of aromatic nitrogens is 2. The molecule has 6 heteroatoms. The molecule has 4 rings (SSSR count). The molecule has 0 atom stereocenters. The summed E-state index contributed by atoms with van der Waals surface area (Å²) in [6.07, 6.45) is 3.41. The molecule has 0 aliphatic heterocycles. The predicted octanol–water partition coefficient (Wildman–Crippen LogP) is 4.71. The van der Waals surface area contributed by atoms with Gasteiger partial charge in [-0.3, -0.25) is 9.78 Å². The highest BCUT2D eigenvalue weighted by Crippen LogP contribution is 2.26. The Morgan fingerprint density at radius 3 is 2.45 bits per heavy atom. The standard InChI is InChI=1S/C23H19N3O2S/c27-22(25-14-17-10-12-24-13-11-17)21-16-29-23(26-21)19-6-8-20(9-7-19)28-15-18-4-2-1-3-5-18/h1-13,16H,14-15H2,(H,25,27). The minimum atomic E-state index is -0.188. The molecule has 2 aromatic heterocycles. The Morgan fingerprint density at radius 2 is 1.69 bits per heavy atom. The van der Waals surface area contributed by atoms with Crippen molar-refractivity contribution in [2.24, 2.45) is 0 Å². The van der Waals surface area contributed by atoms with Crippen molar-refractivity contribution in [3.05, 3.63) is 101 Å². The van der Waals surface area contributed by atoms with Gasteiger partial charge in [-0.1, -0.05) is 30.3 Å². The second-order valence-corrected chi connectivity index (χ2v) is 7.23. The number of pyridine rings is 1. The maximum atomic E-state index is 12.3. The van der Waals surface area contributed by atoms with E-state index in [1.807, 2.05) is 66.7 Å². The second-order valence-electron chi connectivity index (χ2n) is 6.37. The number of nitrogens with one attached hydrogen (secondary N) is 1. The number of hydrogen-bond acceptors (Lipinski definition) is 5. The molecule has 0 saturated carbocycles. The van der Waals surface area contributed by atoms with E-state index < -0.39 is 0 Å². The summed E-state index contributed by atoms with van der Waals surface area (Å²) in [5.41, 5.74) is 3.49. The topological polar surface area (TPSA) is 64.1 Å². The normalized spacial score (nSPS) is 10.5. The van der Waals surface area contributed by atoms with Crippen molar-refractivity contribution < 1.29 is 9.53 Å². The highest BCUT2D eigenvalue weighted by molar-refractivity contribution is 7.13. The van der Waals surface area contributed by atoms with Gasteiger partial charge in [-0.15, -0.1) is 11.3 Å². The van der Waals surface area contributed by atoms with E-state index in [1.165, 1.54) is 11.3 Å². The molecule has 0 bridgehead atoms. The number of benzene rings is 2. The van der Waals surface area contributed by atoms with E-state index in [-0.39, 0.29) is 5.91 Å². The molecular weight excluding hydrogens is 382 g/mol. The number of thiazole rings is 1. The van der Waals surface area contributed by atoms with Gasteiger partial charge < -0.3 is 10.1 Å². The van der Waals surface area contributed by atoms with E-state index in [2.05, 4.69) is 15.3 Å². The lowest BCUT2D eigenvalue weighted by atomic mass is 10.2. The van der Waals surface area contributed by atoms with Crippen LogP contribution in [0.2, 0.25) is 0 Å². The maximum absolute atomic E-state index is 12.3. The smallest absolute Gasteiger partial charge is 0.271 e. The highest BCUT2D eigenvalue weighted by atomic mass is 32.1. The zero-order chi connectivity index (χ0) is 19.9. The number of carbonyl (C=O) groups is 1. The fraction of sp³-hybridized carbons (Fsp3) is 0.0870. The fourth-order valence-electron chi connectivity index (χ4n) is 2.72. The minimum absolute atomic E-state index is 0.188. The van der Waals surface area contributed by atoms with E-state index in [1.54, 1.807) is 17.8 Å². The summed E-state index contributed by atoms with van der Waals surface area (Å²) >= 11 is 1.45. The lowest BCUT2D eigenvalue weighted by Gasteiger charge is -2.06. The summed E-state index contributed by atoms with van der Waals surface area (Å²) in [5, 5.41) is 5.45. The molecule has 0 fully saturated rings. The van der Waals surface area contributed by atoms with E-state index in [9.17, 15) is 4.79 Å². The Hall–Kier alpha value is -3.51. The number of amides is 1. The summed E-state index contributed by atoms with van der Waals surface area (Å²) in [6.45, 7) is 0.973. The third-order valence-electron chi connectivity index (χ3n) is 4.29. The van der Waals surface area contributed by atoms with Crippen LogP contribution in [0.3, 0.4) is 0 Å². The highest BCUT2D eigenvalue weighted by Gasteiger charge is 2.12. The van der Waals surface area contributed by atoms with Gasteiger partial charge in [0.05, 0.1) is 0 Å². The first-order valence-electron chi connectivity index (χ1n) is 9.18. The molecule has 0 unspecified atom stereocenters. The van der Waals surface area contributed by atoms with E-state index in [4.69, 9.17) is 4.74 Å². The Kier molecular flexibility index (Phi) is 5.92. The number of carbonyl (C=O) groups excluding carboxylic acids is 1. The quantitative estimate of drug-likeness (QED) is 0.487. The SMILES string of the molecule is O=C(NCc1ccncc1)c1csc(-c2ccc(OCc3ccccc3)cc2)n1. The van der Waals surface area contributed by atoms with Gasteiger partial charge in [0.15, 0.2) is 0 Å². The van der Waals surface area contributed by atoms with Crippen LogP contribution in [-0.4, -0.2) is 15.9 Å². The van der Waals surface area contributed by atoms with E-state index in [0.717, 1.165) is 27.4 Å². The molecule has 0 aliphatic rings. The van der Waals surface area contributed by atoms with Crippen molar-refractivity contribution in [1.82, 2.24) is 15.3 Å². The van der Waals surface area contributed by atoms with Crippen LogP contribution in [0, 0.1) is 0 Å². The van der Waals surface area contributed by atoms with Crippen LogP contribution in [0.4, 0.5) is 0 Å². The molecule has 144 valence electrons. The third kappa shape index (κ3) is 5.06. The van der Waals surface area contributed by atoms with Crippen LogP contribution >= 0.6 is 11.3 Å². The number of nitrogens with zero attached hydrogens (tertiary/aromatic N) is 2. The van der Waals surface area contributed by atoms with Crippen LogP contribution in [0.15, 0.2) is 84.5 Å². The molecule has 4 aromatic rings. The first-order chi connectivity index (χ1) is 14.3. The van der Waals surface area contributed by atoms with Crippen molar-refractivity contribution in [1.29, 1.82) is 0 Å². The van der Waals surface area contributed by atoms with Crippen LogP contribution in [0.5, 0.6) is 5.75 Å². The minimum Gasteiger partial charge on any atom is -0.489 e. The van der Waals surface area contributed by atoms with Crippen LogP contribution in [-0.2, 0) is 13.2 Å². The lowest BCUT2D eigenvalue weighted by Crippen LogP contribution is -2.23. The van der Waals surface area contributed by atoms with Crippen LogP contribution in [0.25, 0.3) is 10.6 Å². The van der Waals surface area contributed by atoms with Gasteiger partial charge in [0.1, 0.15) is 23.1 Å². The van der Waals surface area contributed by atoms with Crippen molar-refractivity contribution in [2.75, 3.05) is 0 Å². The van der Waals surface area contributed by atoms with E-state index in [0.29, 0.717) is 18.8 Å². The molecule has 2 aromatic carbocycles. The zero-order valence-corrected chi connectivity index (χ0v) is 16.4. The Bertz CT molecular complexity index is 1060. The van der Waals surface area contributed by atoms with Gasteiger partial charge in [-0.25, -0.2) is 4.98 Å². The van der Waals surface area contributed by atoms with Gasteiger partial charge in [-0.2, -0.15) is 0 Å². The molecule has 2 heterocycles. The van der Waals surface area contributed by atoms with Crippen LogP contribution < -0.4 is 10.1 Å². The summed E-state index contributed by atoms with van der Waals surface area (Å²) < 4.78 is 5.81. The van der Waals surface area contributed by atoms with Crippen molar-refractivity contribution in [2.45, 2.75) is 13.2 Å². The number of hydrogen-bond donors (Lipinski definition) is 1. The van der Waals surface area contributed by atoms with Gasteiger partial charge >= 0.3 is 0 Å². The first-order valence-corrected chi connectivity index (χ1v) is 10.1. The monoisotopic (exact) mass is 401 g/mol. The Balaban J connectivity index is 1.35. The molecule has 29 heavy (non-hydrogen) atoms. The zero-order valence-electron chi connectivity index (χ0n) is 15.6. The number of ether oxygens (including phenoxy) is 1. The lowest BCUT2D eigenvalue weighted by molar-refractivity contribution is 0.0946. The van der Waals surface area contributed by atoms with Gasteiger partial charge in [0.25, 0.3) is 5.91 Å². The Morgan fingerprint density at radius 1 is 0.931 bits per heavy atom. The number of rotatable bonds is 7. The van der Waals surface area contributed by atoms with Crippen molar-refractivity contribution in [3.8, 4) is 16.3 Å². The fourth-order valence-corrected chi connectivity index (χ4v) is 3.53. The summed E-state index contributed by atoms with van der Waals surface area (Å²) in [4.78, 5) is 20.8. The Labute approximate surface area is 173 Å². The van der Waals surface area contributed by atoms with Gasteiger partial charge in [-0.05, 0) is 47.5 Å². The molecule has 5 nitrogen and oxygen atoms in total. The molecule has 1 N–H and O–H groups in total. The summed E-state index contributed by atoms with van der Waals surface area (Å²) in [6, 6.07) is 21.5. The van der Waals surface area contributed by atoms with Crippen LogP contribution in [0.1, 0.15) is 21.6 Å². The summed E-state index contributed by atoms with van der Waals surface area (Å²) in [5.74, 6) is 0.608. The van der Waals surface area contributed by atoms with Gasteiger partial charge in [0.2, 0.25) is 0 Å². The molecule has 0 radical (unpaired) electrons. The summed E-state index contributed by atoms with van der Waals surface area (Å²) in [7, 11) is 0. The van der Waals surface area contributed by atoms with E-state index >= 15 is 0 Å². The van der Waals surface area contributed by atoms with Crippen molar-refractivity contribution in [3.63, 3.8) is 0 Å². The maximum Gasteiger partial charge on any atom is 0.271 e. The molecule has 0 aliphatic carbocycles. The molecular formula is C23H19N3O2S. The average Bonchev–Trinajstić information content (AvgIpc) is 3.28. The third-order valence-corrected chi connectivity index (χ3v) is 5.18. The van der Waals surface area contributed by atoms with Gasteiger partial charge in [0, 0.05) is 29.9 Å². The second kappa shape index (κ2) is 9.12. The largest absolute Gasteiger partial charge is 0.489 e. The molecule has 0 saturated heterocycles. The molecule has 1 amide bonds. The predicted molar refractivity (Wildman–Crippen MR) is 114 cm³/mol. The van der Waals surface area contributed by atoms with Crippen molar-refractivity contribution >= 4 is 17.2 Å².